The second-order valence-corrected chi connectivity index (χ2v) is 7.23. The van der Waals surface area contributed by atoms with E-state index in [2.05, 4.69) is 5.32 Å². The first-order valence-electron chi connectivity index (χ1n) is 6.80. The Hall–Kier alpha value is -0.980. The average molecular weight is 300 g/mol. The number of hydrogen-bond donors (Lipinski definition) is 1. The van der Waals surface area contributed by atoms with E-state index in [1.807, 2.05) is 7.05 Å². The van der Waals surface area contributed by atoms with Crippen LogP contribution in [-0.2, 0) is 10.0 Å². The third-order valence-electron chi connectivity index (χ3n) is 3.82. The maximum atomic E-state index is 13.3. The Balaban J connectivity index is 2.40. The summed E-state index contributed by atoms with van der Waals surface area (Å²) in [6, 6.07) is 2.73. The van der Waals surface area contributed by atoms with Crippen molar-refractivity contribution in [3.63, 3.8) is 0 Å². The molecule has 0 saturated carbocycles. The van der Waals surface area contributed by atoms with Gasteiger partial charge < -0.3 is 5.32 Å². The Labute approximate surface area is 120 Å². The van der Waals surface area contributed by atoms with Crippen LogP contribution in [0.1, 0.15) is 24.0 Å². The summed E-state index contributed by atoms with van der Waals surface area (Å²) in [5.41, 5.74) is 0.933. The van der Waals surface area contributed by atoms with Crippen LogP contribution in [0.4, 0.5) is 4.39 Å². The molecule has 112 valence electrons. The van der Waals surface area contributed by atoms with Crippen molar-refractivity contribution in [2.75, 3.05) is 20.1 Å². The number of sulfonamides is 1. The van der Waals surface area contributed by atoms with Crippen LogP contribution in [0.25, 0.3) is 0 Å². The number of nitrogens with zero attached hydrogens (tertiary/aromatic N) is 1. The Morgan fingerprint density at radius 1 is 1.30 bits per heavy atom. The van der Waals surface area contributed by atoms with E-state index in [0.29, 0.717) is 24.2 Å². The van der Waals surface area contributed by atoms with Gasteiger partial charge in [-0.25, -0.2) is 12.8 Å². The molecule has 6 heteroatoms. The summed E-state index contributed by atoms with van der Waals surface area (Å²) in [4.78, 5) is 0.246. The van der Waals surface area contributed by atoms with Crippen molar-refractivity contribution in [2.45, 2.75) is 37.6 Å². The molecule has 20 heavy (non-hydrogen) atoms. The first-order chi connectivity index (χ1) is 9.36. The molecule has 0 amide bonds. The van der Waals surface area contributed by atoms with E-state index in [4.69, 9.17) is 0 Å². The number of aryl methyl sites for hydroxylation is 2. The van der Waals surface area contributed by atoms with Crippen LogP contribution < -0.4 is 5.32 Å². The quantitative estimate of drug-likeness (QED) is 0.926. The summed E-state index contributed by atoms with van der Waals surface area (Å²) in [6.07, 6.45) is 1.81. The highest BCUT2D eigenvalue weighted by Crippen LogP contribution is 2.27. The molecule has 0 aromatic heterocycles. The highest BCUT2D eigenvalue weighted by atomic mass is 32.2. The van der Waals surface area contributed by atoms with Gasteiger partial charge in [0, 0.05) is 19.1 Å². The summed E-state index contributed by atoms with van der Waals surface area (Å²) in [5.74, 6) is -0.398. The molecule has 0 aliphatic carbocycles. The molecule has 1 atom stereocenters. The Bertz CT molecular complexity index is 578. The minimum absolute atomic E-state index is 0.180. The first kappa shape index (κ1) is 15.4. The lowest BCUT2D eigenvalue weighted by Crippen LogP contribution is -2.47. The van der Waals surface area contributed by atoms with Crippen LogP contribution in [0.5, 0.6) is 0 Å². The number of rotatable bonds is 3. The van der Waals surface area contributed by atoms with Crippen molar-refractivity contribution in [3.05, 3.63) is 29.1 Å². The van der Waals surface area contributed by atoms with Crippen LogP contribution in [0.3, 0.4) is 0 Å². The SMILES string of the molecule is CNC1CCCN(S(=O)(=O)c2c(C)cc(F)cc2C)C1. The van der Waals surface area contributed by atoms with Crippen molar-refractivity contribution in [3.8, 4) is 0 Å². The molecule has 1 heterocycles. The van der Waals surface area contributed by atoms with E-state index in [1.54, 1.807) is 13.8 Å². The van der Waals surface area contributed by atoms with E-state index in [-0.39, 0.29) is 10.9 Å². The molecule has 1 aliphatic heterocycles. The third kappa shape index (κ3) is 2.87. The third-order valence-corrected chi connectivity index (χ3v) is 5.99. The van der Waals surface area contributed by atoms with E-state index < -0.39 is 15.8 Å². The number of benzene rings is 1. The minimum Gasteiger partial charge on any atom is -0.316 e. The topological polar surface area (TPSA) is 49.4 Å². The van der Waals surface area contributed by atoms with Crippen molar-refractivity contribution < 1.29 is 12.8 Å². The summed E-state index contributed by atoms with van der Waals surface area (Å²) in [6.45, 7) is 4.27. The van der Waals surface area contributed by atoms with E-state index >= 15 is 0 Å². The number of nitrogens with one attached hydrogen (secondary N) is 1. The molecule has 1 unspecified atom stereocenters. The number of halogens is 1. The summed E-state index contributed by atoms with van der Waals surface area (Å²) in [5, 5.41) is 3.13. The molecule has 0 spiro atoms. The van der Waals surface area contributed by atoms with Gasteiger partial charge in [0.25, 0.3) is 0 Å². The second kappa shape index (κ2) is 5.79. The van der Waals surface area contributed by atoms with Gasteiger partial charge in [0.15, 0.2) is 0 Å². The normalized spacial score (nSPS) is 21.1. The Morgan fingerprint density at radius 2 is 1.90 bits per heavy atom. The molecule has 1 fully saturated rings. The first-order valence-corrected chi connectivity index (χ1v) is 8.24. The fourth-order valence-corrected chi connectivity index (χ4v) is 4.77. The molecule has 1 aromatic rings. The fraction of sp³-hybridized carbons (Fsp3) is 0.571. The molecule has 4 nitrogen and oxygen atoms in total. The zero-order chi connectivity index (χ0) is 14.9. The van der Waals surface area contributed by atoms with Crippen molar-refractivity contribution in [2.24, 2.45) is 0 Å². The van der Waals surface area contributed by atoms with Gasteiger partial charge in [-0.05, 0) is 57.0 Å². The van der Waals surface area contributed by atoms with Crippen LogP contribution in [0.15, 0.2) is 17.0 Å². The van der Waals surface area contributed by atoms with Crippen LogP contribution in [0.2, 0.25) is 0 Å². The lowest BCUT2D eigenvalue weighted by molar-refractivity contribution is 0.292. The molecular formula is C14H21FN2O2S. The number of hydrogen-bond acceptors (Lipinski definition) is 3. The zero-order valence-electron chi connectivity index (χ0n) is 12.1. The predicted molar refractivity (Wildman–Crippen MR) is 76.7 cm³/mol. The van der Waals surface area contributed by atoms with Gasteiger partial charge in [-0.15, -0.1) is 0 Å². The molecule has 1 aliphatic rings. The van der Waals surface area contributed by atoms with Gasteiger partial charge in [-0.3, -0.25) is 0 Å². The van der Waals surface area contributed by atoms with E-state index in [1.165, 1.54) is 16.4 Å². The highest BCUT2D eigenvalue weighted by molar-refractivity contribution is 7.89. The van der Waals surface area contributed by atoms with E-state index in [9.17, 15) is 12.8 Å². The predicted octanol–water partition coefficient (Wildman–Crippen LogP) is 1.82. The largest absolute Gasteiger partial charge is 0.316 e. The van der Waals surface area contributed by atoms with Crippen molar-refractivity contribution >= 4 is 10.0 Å². The average Bonchev–Trinajstić information content (AvgIpc) is 2.37. The van der Waals surface area contributed by atoms with Gasteiger partial charge in [0.05, 0.1) is 4.90 Å². The van der Waals surface area contributed by atoms with Gasteiger partial charge >= 0.3 is 0 Å². The lowest BCUT2D eigenvalue weighted by atomic mass is 10.1. The fourth-order valence-electron chi connectivity index (χ4n) is 2.83. The summed E-state index contributed by atoms with van der Waals surface area (Å²) >= 11 is 0. The lowest BCUT2D eigenvalue weighted by Gasteiger charge is -2.32. The molecule has 1 saturated heterocycles. The van der Waals surface area contributed by atoms with Gasteiger partial charge in [0.2, 0.25) is 10.0 Å². The smallest absolute Gasteiger partial charge is 0.243 e. The Kier molecular flexibility index (Phi) is 4.46. The van der Waals surface area contributed by atoms with Crippen molar-refractivity contribution in [1.82, 2.24) is 9.62 Å². The maximum Gasteiger partial charge on any atom is 0.243 e. The van der Waals surface area contributed by atoms with Gasteiger partial charge in [-0.1, -0.05) is 0 Å². The van der Waals surface area contributed by atoms with Crippen LogP contribution in [-0.4, -0.2) is 38.9 Å². The Morgan fingerprint density at radius 3 is 2.45 bits per heavy atom. The van der Waals surface area contributed by atoms with Crippen molar-refractivity contribution in [1.29, 1.82) is 0 Å². The molecule has 1 aromatic carbocycles. The maximum absolute atomic E-state index is 13.3. The molecule has 0 radical (unpaired) electrons. The zero-order valence-corrected chi connectivity index (χ0v) is 12.9. The summed E-state index contributed by atoms with van der Waals surface area (Å²) in [7, 11) is -1.71. The van der Waals surface area contributed by atoms with Gasteiger partial charge in [0.1, 0.15) is 5.82 Å². The molecule has 1 N–H and O–H groups in total. The van der Waals surface area contributed by atoms with E-state index in [0.717, 1.165) is 12.8 Å². The number of likely N-dealkylation sites (N-methyl/N-ethyl adjacent to an activating group) is 1. The summed E-state index contributed by atoms with van der Waals surface area (Å²) < 4.78 is 40.4. The molecule has 0 bridgehead atoms. The van der Waals surface area contributed by atoms with Gasteiger partial charge in [-0.2, -0.15) is 4.31 Å². The molecule has 2 rings (SSSR count). The minimum atomic E-state index is -3.56. The standard InChI is InChI=1S/C14H21FN2O2S/c1-10-7-12(15)8-11(2)14(10)20(18,19)17-6-4-5-13(9-17)16-3/h7-8,13,16H,4-6,9H2,1-3H3. The number of piperidine rings is 1. The monoisotopic (exact) mass is 300 g/mol. The second-order valence-electron chi connectivity index (χ2n) is 5.36. The van der Waals surface area contributed by atoms with Crippen LogP contribution >= 0.6 is 0 Å². The van der Waals surface area contributed by atoms with Crippen LogP contribution in [0, 0.1) is 19.7 Å². The highest BCUT2D eigenvalue weighted by Gasteiger charge is 2.31. The molecular weight excluding hydrogens is 279 g/mol.